The van der Waals surface area contributed by atoms with Crippen LogP contribution in [-0.2, 0) is 9.59 Å². The van der Waals surface area contributed by atoms with Gasteiger partial charge in [0.05, 0.1) is 12.0 Å². The summed E-state index contributed by atoms with van der Waals surface area (Å²) in [5.74, 6) is -3.70. The number of rotatable bonds is 3. The fourth-order valence-corrected chi connectivity index (χ4v) is 2.92. The summed E-state index contributed by atoms with van der Waals surface area (Å²) < 4.78 is 40.2. The number of fused-ring (bicyclic) bond motifs is 1. The largest absolute Gasteiger partial charge is 0.349 e. The maximum atomic E-state index is 13.8. The van der Waals surface area contributed by atoms with Crippen LogP contribution in [-0.4, -0.2) is 11.8 Å². The van der Waals surface area contributed by atoms with Gasteiger partial charge in [-0.1, -0.05) is 12.1 Å². The van der Waals surface area contributed by atoms with Crippen LogP contribution in [0.5, 0.6) is 0 Å². The Morgan fingerprint density at radius 3 is 2.56 bits per heavy atom. The third kappa shape index (κ3) is 3.50. The van der Waals surface area contributed by atoms with E-state index in [1.165, 1.54) is 18.2 Å². The van der Waals surface area contributed by atoms with E-state index in [2.05, 4.69) is 10.6 Å². The van der Waals surface area contributed by atoms with Gasteiger partial charge in [0, 0.05) is 23.7 Å². The maximum Gasteiger partial charge on any atom is 0.228 e. The molecule has 0 bridgehead atoms. The van der Waals surface area contributed by atoms with Crippen molar-refractivity contribution in [1.82, 2.24) is 5.32 Å². The summed E-state index contributed by atoms with van der Waals surface area (Å²) in [6.07, 6.45) is -0.0942. The zero-order valence-corrected chi connectivity index (χ0v) is 13.3. The Bertz CT molecular complexity index is 854. The molecule has 130 valence electrons. The average molecular weight is 348 g/mol. The van der Waals surface area contributed by atoms with Crippen molar-refractivity contribution in [1.29, 1.82) is 0 Å². The lowest BCUT2D eigenvalue weighted by Crippen LogP contribution is -2.36. The van der Waals surface area contributed by atoms with Gasteiger partial charge in [-0.25, -0.2) is 13.2 Å². The van der Waals surface area contributed by atoms with Crippen molar-refractivity contribution in [2.75, 3.05) is 5.32 Å². The van der Waals surface area contributed by atoms with Crippen LogP contribution < -0.4 is 10.6 Å². The third-order valence-corrected chi connectivity index (χ3v) is 4.16. The zero-order chi connectivity index (χ0) is 18.1. The smallest absolute Gasteiger partial charge is 0.228 e. The Morgan fingerprint density at radius 1 is 1.16 bits per heavy atom. The van der Waals surface area contributed by atoms with Gasteiger partial charge in [0.25, 0.3) is 0 Å². The van der Waals surface area contributed by atoms with Crippen molar-refractivity contribution >= 4 is 17.5 Å². The molecule has 4 nitrogen and oxygen atoms in total. The highest BCUT2D eigenvalue weighted by Crippen LogP contribution is 2.33. The first kappa shape index (κ1) is 17.0. The highest BCUT2D eigenvalue weighted by Gasteiger charge is 2.31. The molecule has 2 aromatic carbocycles. The highest BCUT2D eigenvalue weighted by molar-refractivity contribution is 6.01. The van der Waals surface area contributed by atoms with Crippen molar-refractivity contribution in [3.63, 3.8) is 0 Å². The van der Waals surface area contributed by atoms with Gasteiger partial charge in [0.2, 0.25) is 11.8 Å². The first-order chi connectivity index (χ1) is 11.8. The number of carbonyl (C=O) groups excluding carboxylic acids is 2. The van der Waals surface area contributed by atoms with E-state index in [-0.39, 0.29) is 17.7 Å². The molecule has 0 radical (unpaired) electrons. The third-order valence-electron chi connectivity index (χ3n) is 4.16. The van der Waals surface area contributed by atoms with Gasteiger partial charge in [0.1, 0.15) is 17.5 Å². The Kier molecular flexibility index (Phi) is 4.48. The topological polar surface area (TPSA) is 58.2 Å². The fraction of sp³-hybridized carbons (Fsp3) is 0.222. The molecule has 2 aromatic rings. The van der Waals surface area contributed by atoms with Gasteiger partial charge in [-0.3, -0.25) is 9.59 Å². The van der Waals surface area contributed by atoms with Crippen molar-refractivity contribution in [3.8, 4) is 0 Å². The summed E-state index contributed by atoms with van der Waals surface area (Å²) >= 11 is 0. The summed E-state index contributed by atoms with van der Waals surface area (Å²) in [6.45, 7) is 1.56. The van der Waals surface area contributed by atoms with E-state index in [9.17, 15) is 22.8 Å². The van der Waals surface area contributed by atoms with E-state index >= 15 is 0 Å². The van der Waals surface area contributed by atoms with Crippen molar-refractivity contribution in [2.45, 2.75) is 25.3 Å². The maximum absolute atomic E-state index is 13.8. The number of hydrogen-bond donors (Lipinski definition) is 2. The Morgan fingerprint density at radius 2 is 1.84 bits per heavy atom. The van der Waals surface area contributed by atoms with Crippen LogP contribution in [0.4, 0.5) is 18.9 Å². The number of carbonyl (C=O) groups is 2. The molecule has 1 aliphatic heterocycles. The van der Waals surface area contributed by atoms with Gasteiger partial charge in [-0.15, -0.1) is 0 Å². The molecule has 0 saturated carbocycles. The zero-order valence-electron chi connectivity index (χ0n) is 13.3. The Labute approximate surface area is 142 Å². The first-order valence-electron chi connectivity index (χ1n) is 7.70. The molecule has 0 saturated heterocycles. The van der Waals surface area contributed by atoms with Crippen molar-refractivity contribution in [3.05, 3.63) is 65.0 Å². The van der Waals surface area contributed by atoms with E-state index < -0.39 is 41.2 Å². The van der Waals surface area contributed by atoms with Crippen LogP contribution in [0, 0.1) is 17.5 Å². The standard InChI is InChI=1S/C18H15F3N2O2/c1-9(12-4-2-10(19)6-15(12)21)22-18(25)14-8-17(24)23-16-7-11(20)3-5-13(14)16/h2-7,9,14H,8H2,1H3,(H,22,25)(H,23,24). The summed E-state index contributed by atoms with van der Waals surface area (Å²) in [5.41, 5.74) is 0.872. The van der Waals surface area contributed by atoms with E-state index in [1.807, 2.05) is 0 Å². The molecule has 3 rings (SSSR count). The lowest BCUT2D eigenvalue weighted by Gasteiger charge is -2.26. The van der Waals surface area contributed by atoms with E-state index in [4.69, 9.17) is 0 Å². The number of nitrogens with one attached hydrogen (secondary N) is 2. The second-order valence-corrected chi connectivity index (χ2v) is 5.93. The van der Waals surface area contributed by atoms with Gasteiger partial charge in [-0.2, -0.15) is 0 Å². The van der Waals surface area contributed by atoms with Crippen LogP contribution in [0.25, 0.3) is 0 Å². The summed E-state index contributed by atoms with van der Waals surface area (Å²) in [7, 11) is 0. The second kappa shape index (κ2) is 6.58. The van der Waals surface area contributed by atoms with E-state index in [0.29, 0.717) is 5.56 Å². The van der Waals surface area contributed by atoms with Gasteiger partial charge >= 0.3 is 0 Å². The predicted octanol–water partition coefficient (Wildman–Crippen LogP) is 3.41. The molecule has 2 atom stereocenters. The van der Waals surface area contributed by atoms with Crippen LogP contribution in [0.2, 0.25) is 0 Å². The van der Waals surface area contributed by atoms with Gasteiger partial charge in [-0.05, 0) is 30.7 Å². The fourth-order valence-electron chi connectivity index (χ4n) is 2.92. The first-order valence-corrected chi connectivity index (χ1v) is 7.70. The molecule has 25 heavy (non-hydrogen) atoms. The molecule has 1 aliphatic rings. The monoisotopic (exact) mass is 348 g/mol. The number of amides is 2. The van der Waals surface area contributed by atoms with E-state index in [0.717, 1.165) is 18.2 Å². The molecule has 0 fully saturated rings. The SMILES string of the molecule is CC(NC(=O)C1CC(=O)Nc2cc(F)ccc21)c1ccc(F)cc1F. The quantitative estimate of drug-likeness (QED) is 0.893. The molecule has 0 aromatic heterocycles. The van der Waals surface area contributed by atoms with Gasteiger partial charge in [0.15, 0.2) is 0 Å². The predicted molar refractivity (Wildman–Crippen MR) is 85.3 cm³/mol. The number of benzene rings is 2. The highest BCUT2D eigenvalue weighted by atomic mass is 19.1. The average Bonchev–Trinajstić information content (AvgIpc) is 2.53. The van der Waals surface area contributed by atoms with Crippen molar-refractivity contribution < 1.29 is 22.8 Å². The second-order valence-electron chi connectivity index (χ2n) is 5.93. The molecular weight excluding hydrogens is 333 g/mol. The molecule has 0 aliphatic carbocycles. The summed E-state index contributed by atoms with van der Waals surface area (Å²) in [6, 6.07) is 6.18. The molecule has 1 heterocycles. The lowest BCUT2D eigenvalue weighted by atomic mass is 9.89. The van der Waals surface area contributed by atoms with Gasteiger partial charge < -0.3 is 10.6 Å². The van der Waals surface area contributed by atoms with Crippen LogP contribution in [0.15, 0.2) is 36.4 Å². The van der Waals surface area contributed by atoms with Crippen molar-refractivity contribution in [2.24, 2.45) is 0 Å². The summed E-state index contributed by atoms with van der Waals surface area (Å²) in [5, 5.41) is 5.15. The number of halogens is 3. The van der Waals surface area contributed by atoms with Crippen LogP contribution in [0.3, 0.4) is 0 Å². The number of hydrogen-bond acceptors (Lipinski definition) is 2. The molecular formula is C18H15F3N2O2. The van der Waals surface area contributed by atoms with Crippen LogP contribution in [0.1, 0.15) is 36.4 Å². The molecule has 2 N–H and O–H groups in total. The minimum Gasteiger partial charge on any atom is -0.349 e. The molecule has 2 unspecified atom stereocenters. The minimum absolute atomic E-state index is 0.0942. The summed E-state index contributed by atoms with van der Waals surface area (Å²) in [4.78, 5) is 24.4. The number of anilines is 1. The van der Waals surface area contributed by atoms with E-state index in [1.54, 1.807) is 6.92 Å². The minimum atomic E-state index is -0.810. The Balaban J connectivity index is 1.83. The molecule has 2 amide bonds. The van der Waals surface area contributed by atoms with Crippen LogP contribution >= 0.6 is 0 Å². The normalized spacial score (nSPS) is 17.4. The molecule has 7 heteroatoms. The Hall–Kier alpha value is -2.83. The lowest BCUT2D eigenvalue weighted by molar-refractivity contribution is -0.126. The molecule has 0 spiro atoms.